The highest BCUT2D eigenvalue weighted by molar-refractivity contribution is 5.94. The van der Waals surface area contributed by atoms with Crippen molar-refractivity contribution in [2.45, 2.75) is 39.0 Å². The van der Waals surface area contributed by atoms with Gasteiger partial charge in [-0.2, -0.15) is 0 Å². The molecule has 0 N–H and O–H groups in total. The van der Waals surface area contributed by atoms with Crippen LogP contribution < -0.4 is 4.74 Å². The molecule has 0 saturated heterocycles. The van der Waals surface area contributed by atoms with Crippen LogP contribution in [-0.4, -0.2) is 12.4 Å². The van der Waals surface area contributed by atoms with Crippen molar-refractivity contribution in [3.05, 3.63) is 29.6 Å². The summed E-state index contributed by atoms with van der Waals surface area (Å²) in [6.45, 7) is 2.01. The first-order valence-corrected chi connectivity index (χ1v) is 6.60. The lowest BCUT2D eigenvalue weighted by Gasteiger charge is -2.21. The normalized spacial score (nSPS) is 16.6. The fourth-order valence-electron chi connectivity index (χ4n) is 2.40. The first-order chi connectivity index (χ1) is 8.66. The number of ketones is 1. The number of hydrogen-bond donors (Lipinski definition) is 0. The summed E-state index contributed by atoms with van der Waals surface area (Å²) in [5, 5.41) is 0. The van der Waals surface area contributed by atoms with Crippen molar-refractivity contribution >= 4 is 5.78 Å². The lowest BCUT2D eigenvalue weighted by Crippen LogP contribution is -2.15. The van der Waals surface area contributed by atoms with E-state index < -0.39 is 5.82 Å². The highest BCUT2D eigenvalue weighted by Gasteiger charge is 2.15. The maximum atomic E-state index is 13.7. The average molecular weight is 250 g/mol. The van der Waals surface area contributed by atoms with E-state index in [9.17, 15) is 9.18 Å². The minimum Gasteiger partial charge on any atom is -0.490 e. The molecule has 1 aliphatic carbocycles. The number of carbonyl (C=O) groups is 1. The molecule has 1 fully saturated rings. The summed E-state index contributed by atoms with van der Waals surface area (Å²) in [6.07, 6.45) is 6.15. The third-order valence-electron chi connectivity index (χ3n) is 3.54. The Morgan fingerprint density at radius 3 is 2.67 bits per heavy atom. The predicted molar refractivity (Wildman–Crippen MR) is 68.5 cm³/mol. The minimum atomic E-state index is -0.446. The number of carbonyl (C=O) groups excluding carboxylic acids is 1. The van der Waals surface area contributed by atoms with E-state index >= 15 is 0 Å². The third-order valence-corrected chi connectivity index (χ3v) is 3.54. The van der Waals surface area contributed by atoms with Crippen molar-refractivity contribution in [1.29, 1.82) is 0 Å². The van der Waals surface area contributed by atoms with Crippen LogP contribution in [0.5, 0.6) is 5.75 Å². The highest BCUT2D eigenvalue weighted by Crippen LogP contribution is 2.25. The van der Waals surface area contributed by atoms with Gasteiger partial charge in [0, 0.05) is 5.56 Å². The first kappa shape index (κ1) is 13.1. The molecule has 98 valence electrons. The Morgan fingerprint density at radius 1 is 1.33 bits per heavy atom. The Kier molecular flexibility index (Phi) is 4.34. The van der Waals surface area contributed by atoms with Crippen molar-refractivity contribution in [1.82, 2.24) is 0 Å². The summed E-state index contributed by atoms with van der Waals surface area (Å²) in [6, 6.07) is 4.41. The zero-order valence-corrected chi connectivity index (χ0v) is 10.7. The molecule has 1 saturated carbocycles. The van der Waals surface area contributed by atoms with Crippen LogP contribution in [0.25, 0.3) is 0 Å². The van der Waals surface area contributed by atoms with Crippen molar-refractivity contribution in [2.75, 3.05) is 6.61 Å². The van der Waals surface area contributed by atoms with Gasteiger partial charge in [-0.05, 0) is 43.9 Å². The zero-order chi connectivity index (χ0) is 13.0. The van der Waals surface area contributed by atoms with Crippen LogP contribution in [0, 0.1) is 11.7 Å². The molecule has 18 heavy (non-hydrogen) atoms. The molecular formula is C15H19FO2. The van der Waals surface area contributed by atoms with Gasteiger partial charge in [0.25, 0.3) is 0 Å². The second-order valence-corrected chi connectivity index (χ2v) is 5.02. The van der Waals surface area contributed by atoms with Gasteiger partial charge in [0.2, 0.25) is 0 Å². The van der Waals surface area contributed by atoms with Crippen LogP contribution in [0.2, 0.25) is 0 Å². The lowest BCUT2D eigenvalue weighted by atomic mass is 9.90. The second kappa shape index (κ2) is 5.98. The van der Waals surface area contributed by atoms with Gasteiger partial charge >= 0.3 is 0 Å². The third kappa shape index (κ3) is 3.31. The molecule has 1 aliphatic rings. The van der Waals surface area contributed by atoms with Gasteiger partial charge in [0.1, 0.15) is 0 Å². The average Bonchev–Trinajstić information content (AvgIpc) is 2.38. The molecular weight excluding hydrogens is 231 g/mol. The molecule has 2 nitrogen and oxygen atoms in total. The topological polar surface area (TPSA) is 26.3 Å². The molecule has 1 aromatic carbocycles. The largest absolute Gasteiger partial charge is 0.490 e. The Bertz CT molecular complexity index is 423. The zero-order valence-electron chi connectivity index (χ0n) is 10.7. The van der Waals surface area contributed by atoms with Gasteiger partial charge in [-0.15, -0.1) is 0 Å². The molecule has 0 amide bonds. The van der Waals surface area contributed by atoms with Crippen molar-refractivity contribution in [2.24, 2.45) is 5.92 Å². The second-order valence-electron chi connectivity index (χ2n) is 5.02. The monoisotopic (exact) mass is 250 g/mol. The van der Waals surface area contributed by atoms with Crippen LogP contribution in [0.15, 0.2) is 18.2 Å². The minimum absolute atomic E-state index is 0.132. The van der Waals surface area contributed by atoms with E-state index in [1.807, 2.05) is 0 Å². The molecule has 1 aromatic rings. The summed E-state index contributed by atoms with van der Waals surface area (Å²) in [5.74, 6) is 0.224. The number of halogens is 1. The number of ether oxygens (including phenoxy) is 1. The first-order valence-electron chi connectivity index (χ1n) is 6.60. The van der Waals surface area contributed by atoms with Crippen LogP contribution in [-0.2, 0) is 0 Å². The van der Waals surface area contributed by atoms with Gasteiger partial charge in [-0.3, -0.25) is 4.79 Å². The van der Waals surface area contributed by atoms with E-state index in [-0.39, 0.29) is 11.5 Å². The van der Waals surface area contributed by atoms with Crippen LogP contribution >= 0.6 is 0 Å². The van der Waals surface area contributed by atoms with Gasteiger partial charge in [0.05, 0.1) is 6.61 Å². The molecule has 0 spiro atoms. The van der Waals surface area contributed by atoms with E-state index in [1.54, 1.807) is 12.1 Å². The standard InChI is InChI=1S/C15H19FO2/c1-11(17)13-7-8-15(14(16)9-13)18-10-12-5-3-2-4-6-12/h7-9,12H,2-6,10H2,1H3. The van der Waals surface area contributed by atoms with Crippen molar-refractivity contribution in [3.8, 4) is 5.75 Å². The van der Waals surface area contributed by atoms with Crippen molar-refractivity contribution < 1.29 is 13.9 Å². The summed E-state index contributed by atoms with van der Waals surface area (Å²) >= 11 is 0. The van der Waals surface area contributed by atoms with Crippen LogP contribution in [0.3, 0.4) is 0 Å². The Balaban J connectivity index is 1.94. The van der Waals surface area contributed by atoms with Gasteiger partial charge in [0.15, 0.2) is 17.3 Å². The maximum absolute atomic E-state index is 13.7. The summed E-state index contributed by atoms with van der Waals surface area (Å²) in [4.78, 5) is 11.1. The number of hydrogen-bond acceptors (Lipinski definition) is 2. The van der Waals surface area contributed by atoms with Crippen LogP contribution in [0.1, 0.15) is 49.4 Å². The predicted octanol–water partition coefficient (Wildman–Crippen LogP) is 3.99. The number of rotatable bonds is 4. The Hall–Kier alpha value is -1.38. The highest BCUT2D eigenvalue weighted by atomic mass is 19.1. The van der Waals surface area contributed by atoms with E-state index in [1.165, 1.54) is 45.1 Å². The SMILES string of the molecule is CC(=O)c1ccc(OCC2CCCCC2)c(F)c1. The Labute approximate surface area is 107 Å². The maximum Gasteiger partial charge on any atom is 0.165 e. The molecule has 3 heteroatoms. The fraction of sp³-hybridized carbons (Fsp3) is 0.533. The van der Waals surface area contributed by atoms with Gasteiger partial charge in [-0.1, -0.05) is 19.3 Å². The smallest absolute Gasteiger partial charge is 0.165 e. The van der Waals surface area contributed by atoms with Gasteiger partial charge in [-0.25, -0.2) is 4.39 Å². The number of benzene rings is 1. The molecule has 0 heterocycles. The molecule has 0 aliphatic heterocycles. The van der Waals surface area contributed by atoms with E-state index in [0.29, 0.717) is 18.1 Å². The van der Waals surface area contributed by atoms with Crippen molar-refractivity contribution in [3.63, 3.8) is 0 Å². The molecule has 0 atom stereocenters. The summed E-state index contributed by atoms with van der Waals surface area (Å²) in [5.41, 5.74) is 0.387. The molecule has 0 aromatic heterocycles. The van der Waals surface area contributed by atoms with E-state index in [0.717, 1.165) is 0 Å². The molecule has 0 unspecified atom stereocenters. The number of Topliss-reactive ketones (excluding diaryl/α,β-unsaturated/α-hetero) is 1. The summed E-state index contributed by atoms with van der Waals surface area (Å²) in [7, 11) is 0. The quantitative estimate of drug-likeness (QED) is 0.755. The van der Waals surface area contributed by atoms with Gasteiger partial charge < -0.3 is 4.74 Å². The Morgan fingerprint density at radius 2 is 2.06 bits per heavy atom. The van der Waals surface area contributed by atoms with E-state index in [2.05, 4.69) is 0 Å². The van der Waals surface area contributed by atoms with E-state index in [4.69, 9.17) is 4.74 Å². The fourth-order valence-corrected chi connectivity index (χ4v) is 2.40. The molecule has 2 rings (SSSR count). The molecule has 0 radical (unpaired) electrons. The summed E-state index contributed by atoms with van der Waals surface area (Å²) < 4.78 is 19.2. The molecule has 0 bridgehead atoms. The lowest BCUT2D eigenvalue weighted by molar-refractivity contribution is 0.101. The van der Waals surface area contributed by atoms with Crippen LogP contribution in [0.4, 0.5) is 4.39 Å².